The Morgan fingerprint density at radius 2 is 1.67 bits per heavy atom. The van der Waals surface area contributed by atoms with E-state index in [0.29, 0.717) is 19.6 Å². The predicted octanol–water partition coefficient (Wildman–Crippen LogP) is 2.93. The van der Waals surface area contributed by atoms with Gasteiger partial charge in [-0.25, -0.2) is 0 Å². The summed E-state index contributed by atoms with van der Waals surface area (Å²) >= 11 is 0. The van der Waals surface area contributed by atoms with E-state index >= 15 is 0 Å². The molecule has 2 spiro atoms. The fourth-order valence-corrected chi connectivity index (χ4v) is 6.26. The number of ketones is 1. The second-order valence-corrected chi connectivity index (χ2v) is 9.63. The van der Waals surface area contributed by atoms with Crippen LogP contribution in [0.15, 0.2) is 11.5 Å². The van der Waals surface area contributed by atoms with E-state index in [0.717, 1.165) is 12.8 Å². The van der Waals surface area contributed by atoms with E-state index in [1.165, 1.54) is 0 Å². The summed E-state index contributed by atoms with van der Waals surface area (Å²) < 4.78 is 24.5. The molecule has 4 aliphatic rings. The third kappa shape index (κ3) is 2.04. The van der Waals surface area contributed by atoms with Crippen LogP contribution in [0, 0.1) is 16.7 Å². The minimum Gasteiger partial charge on any atom is -0.488 e. The zero-order valence-corrected chi connectivity index (χ0v) is 17.3. The lowest BCUT2D eigenvalue weighted by molar-refractivity contribution is -0.292. The minimum atomic E-state index is -1.47. The van der Waals surface area contributed by atoms with Gasteiger partial charge in [0, 0.05) is 5.41 Å². The topological polar surface area (TPSA) is 74.2 Å². The highest BCUT2D eigenvalue weighted by molar-refractivity contribution is 6.05. The normalized spacial score (nSPS) is 39.0. The lowest BCUT2D eigenvalue weighted by Crippen LogP contribution is -2.65. The molecule has 0 aromatic rings. The van der Waals surface area contributed by atoms with Crippen molar-refractivity contribution >= 4 is 5.78 Å². The average molecular weight is 380 g/mol. The summed E-state index contributed by atoms with van der Waals surface area (Å²) in [7, 11) is 0. The molecule has 0 bridgehead atoms. The van der Waals surface area contributed by atoms with E-state index in [1.807, 2.05) is 27.7 Å². The van der Waals surface area contributed by atoms with Gasteiger partial charge in [-0.15, -0.1) is 0 Å². The number of aliphatic hydroxyl groups is 1. The number of allylic oxidation sites excluding steroid dienone is 1. The molecular weight excluding hydrogens is 348 g/mol. The van der Waals surface area contributed by atoms with E-state index in [-0.39, 0.29) is 35.4 Å². The van der Waals surface area contributed by atoms with Gasteiger partial charge in [-0.1, -0.05) is 13.8 Å². The zero-order valence-electron chi connectivity index (χ0n) is 17.3. The van der Waals surface area contributed by atoms with Crippen LogP contribution >= 0.6 is 0 Å². The molecule has 1 saturated heterocycles. The summed E-state index contributed by atoms with van der Waals surface area (Å²) in [4.78, 5) is 14.0. The van der Waals surface area contributed by atoms with Crippen LogP contribution in [0.3, 0.4) is 0 Å². The second-order valence-electron chi connectivity index (χ2n) is 9.63. The number of carbonyl (C=O) groups excluding carboxylic acids is 1. The number of Topliss-reactive ketones (excluding diaryl/α,β-unsaturated/α-hetero) is 1. The van der Waals surface area contributed by atoms with Crippen LogP contribution in [-0.4, -0.2) is 47.7 Å². The lowest BCUT2D eigenvalue weighted by atomic mass is 9.64. The maximum Gasteiger partial charge on any atom is 0.216 e. The smallest absolute Gasteiger partial charge is 0.216 e. The van der Waals surface area contributed by atoms with Crippen LogP contribution in [0.2, 0.25) is 0 Å². The Kier molecular flexibility index (Phi) is 4.06. The first-order valence-electron chi connectivity index (χ1n) is 10.2. The van der Waals surface area contributed by atoms with Crippen molar-refractivity contribution in [2.24, 2.45) is 16.7 Å². The van der Waals surface area contributed by atoms with Crippen LogP contribution in [0.25, 0.3) is 0 Å². The standard InChI is InChI=1S/C21H32O6/c1-12(2)26-15-16(22)20-14(7-8-19(20,23)17(15)27-13(3)4)11-18(5,6)21(20)24-9-10-25-21/h12-14,23H,7-11H2,1-6H3/t14-,19-,20+/m1/s1. The highest BCUT2D eigenvalue weighted by Gasteiger charge is 2.87. The Labute approximate surface area is 161 Å². The summed E-state index contributed by atoms with van der Waals surface area (Å²) in [5, 5.41) is 12.1. The number of ether oxygens (including phenoxy) is 4. The Hall–Kier alpha value is -1.11. The Morgan fingerprint density at radius 3 is 2.22 bits per heavy atom. The van der Waals surface area contributed by atoms with E-state index in [4.69, 9.17) is 18.9 Å². The molecule has 6 heteroatoms. The van der Waals surface area contributed by atoms with E-state index in [2.05, 4.69) is 13.8 Å². The van der Waals surface area contributed by atoms with Crippen molar-refractivity contribution in [3.63, 3.8) is 0 Å². The first kappa shape index (κ1) is 19.2. The maximum absolute atomic E-state index is 14.0. The van der Waals surface area contributed by atoms with Crippen molar-refractivity contribution < 1.29 is 28.8 Å². The van der Waals surface area contributed by atoms with Crippen molar-refractivity contribution in [2.45, 2.75) is 84.4 Å². The van der Waals surface area contributed by atoms with E-state index in [9.17, 15) is 9.90 Å². The molecule has 6 nitrogen and oxygen atoms in total. The van der Waals surface area contributed by atoms with Crippen LogP contribution in [0.5, 0.6) is 0 Å². The molecule has 1 aliphatic heterocycles. The molecule has 27 heavy (non-hydrogen) atoms. The van der Waals surface area contributed by atoms with Gasteiger partial charge in [0.05, 0.1) is 25.4 Å². The van der Waals surface area contributed by atoms with Crippen molar-refractivity contribution in [1.82, 2.24) is 0 Å². The van der Waals surface area contributed by atoms with Gasteiger partial charge < -0.3 is 24.1 Å². The Bertz CT molecular complexity index is 687. The summed E-state index contributed by atoms with van der Waals surface area (Å²) in [6, 6.07) is 0. The molecule has 1 heterocycles. The van der Waals surface area contributed by atoms with Crippen LogP contribution < -0.4 is 0 Å². The number of rotatable bonds is 4. The summed E-state index contributed by atoms with van der Waals surface area (Å²) in [5.74, 6) is -0.996. The monoisotopic (exact) mass is 380 g/mol. The highest BCUT2D eigenvalue weighted by Crippen LogP contribution is 2.76. The third-order valence-corrected chi connectivity index (χ3v) is 6.83. The van der Waals surface area contributed by atoms with Crippen LogP contribution in [-0.2, 0) is 23.7 Å². The average Bonchev–Trinajstić information content (AvgIpc) is 3.23. The second kappa shape index (κ2) is 5.71. The SMILES string of the molecule is CC(C)OC1=C(OC(C)C)[C@]2(O)CC[C@@H]3CC(C)(C)C4(OCCO4)[C@]32C1=O. The number of carbonyl (C=O) groups is 1. The first-order chi connectivity index (χ1) is 12.5. The van der Waals surface area contributed by atoms with E-state index < -0.39 is 22.2 Å². The van der Waals surface area contributed by atoms with Gasteiger partial charge in [-0.3, -0.25) is 4.79 Å². The molecule has 0 aromatic carbocycles. The summed E-state index contributed by atoms with van der Waals surface area (Å²) in [6.45, 7) is 12.5. The quantitative estimate of drug-likeness (QED) is 0.808. The molecule has 152 valence electrons. The van der Waals surface area contributed by atoms with Crippen LogP contribution in [0.4, 0.5) is 0 Å². The molecule has 1 N–H and O–H groups in total. The summed E-state index contributed by atoms with van der Waals surface area (Å²) in [5.41, 5.74) is -3.09. The molecular formula is C21H32O6. The Morgan fingerprint density at radius 1 is 1.07 bits per heavy atom. The molecule has 0 unspecified atom stereocenters. The zero-order chi connectivity index (χ0) is 19.8. The molecule has 0 aromatic heterocycles. The molecule has 3 fully saturated rings. The predicted molar refractivity (Wildman–Crippen MR) is 97.6 cm³/mol. The number of hydrogen-bond acceptors (Lipinski definition) is 6. The van der Waals surface area contributed by atoms with Gasteiger partial charge in [0.2, 0.25) is 11.5 Å². The molecule has 4 rings (SSSR count). The maximum atomic E-state index is 14.0. The number of hydrogen-bond donors (Lipinski definition) is 1. The lowest BCUT2D eigenvalue weighted by Gasteiger charge is -2.49. The van der Waals surface area contributed by atoms with Crippen molar-refractivity contribution in [3.8, 4) is 0 Å². The largest absolute Gasteiger partial charge is 0.488 e. The Balaban J connectivity index is 1.95. The third-order valence-electron chi connectivity index (χ3n) is 6.83. The minimum absolute atomic E-state index is 0.0397. The van der Waals surface area contributed by atoms with Crippen molar-refractivity contribution in [2.75, 3.05) is 13.2 Å². The van der Waals surface area contributed by atoms with Gasteiger partial charge in [-0.2, -0.15) is 0 Å². The van der Waals surface area contributed by atoms with Gasteiger partial charge in [0.15, 0.2) is 11.5 Å². The van der Waals surface area contributed by atoms with Gasteiger partial charge >= 0.3 is 0 Å². The fourth-order valence-electron chi connectivity index (χ4n) is 6.26. The van der Waals surface area contributed by atoms with Crippen LogP contribution in [0.1, 0.15) is 60.8 Å². The summed E-state index contributed by atoms with van der Waals surface area (Å²) in [6.07, 6.45) is 1.54. The molecule has 3 aliphatic carbocycles. The molecule has 3 atom stereocenters. The highest BCUT2D eigenvalue weighted by atomic mass is 16.7. The van der Waals surface area contributed by atoms with Gasteiger partial charge in [0.1, 0.15) is 11.0 Å². The van der Waals surface area contributed by atoms with E-state index in [1.54, 1.807) is 0 Å². The van der Waals surface area contributed by atoms with Gasteiger partial charge in [0.25, 0.3) is 0 Å². The van der Waals surface area contributed by atoms with Gasteiger partial charge in [-0.05, 0) is 52.9 Å². The molecule has 0 radical (unpaired) electrons. The molecule has 2 saturated carbocycles. The van der Waals surface area contributed by atoms with Crippen molar-refractivity contribution in [3.05, 3.63) is 11.5 Å². The fraction of sp³-hybridized carbons (Fsp3) is 0.857. The van der Waals surface area contributed by atoms with Crippen molar-refractivity contribution in [1.29, 1.82) is 0 Å². The molecule has 0 amide bonds. The first-order valence-corrected chi connectivity index (χ1v) is 10.2.